The molecule has 0 aliphatic rings. The van der Waals surface area contributed by atoms with Crippen LogP contribution in [-0.4, -0.2) is 40.0 Å². The summed E-state index contributed by atoms with van der Waals surface area (Å²) in [5.41, 5.74) is 1.15. The first-order valence-electron chi connectivity index (χ1n) is 10.00. The molecular formula is C22H31N3O3S. The van der Waals surface area contributed by atoms with Crippen LogP contribution in [-0.2, 0) is 14.8 Å². The van der Waals surface area contributed by atoms with Gasteiger partial charge in [-0.2, -0.15) is 4.72 Å². The number of nitrogens with zero attached hydrogens (tertiary/aromatic N) is 1. The Morgan fingerprint density at radius 3 is 2.14 bits per heavy atom. The summed E-state index contributed by atoms with van der Waals surface area (Å²) in [6, 6.07) is 17.4. The van der Waals surface area contributed by atoms with Crippen molar-refractivity contribution in [1.29, 1.82) is 0 Å². The normalized spacial score (nSPS) is 12.6. The van der Waals surface area contributed by atoms with Gasteiger partial charge in [0.2, 0.25) is 15.9 Å². The Hall–Kier alpha value is -2.38. The van der Waals surface area contributed by atoms with Crippen molar-refractivity contribution < 1.29 is 13.2 Å². The van der Waals surface area contributed by atoms with Gasteiger partial charge < -0.3 is 10.2 Å². The molecule has 6 nitrogen and oxygen atoms in total. The molecule has 2 aromatic rings. The second-order valence-corrected chi connectivity index (χ2v) is 8.93. The highest BCUT2D eigenvalue weighted by Gasteiger charge is 2.28. The van der Waals surface area contributed by atoms with Crippen LogP contribution in [0.4, 0.5) is 5.69 Å². The van der Waals surface area contributed by atoms with Gasteiger partial charge in [0.05, 0.1) is 4.90 Å². The quantitative estimate of drug-likeness (QED) is 0.551. The fraction of sp³-hybridized carbons (Fsp3) is 0.409. The van der Waals surface area contributed by atoms with Gasteiger partial charge in [-0.25, -0.2) is 8.42 Å². The van der Waals surface area contributed by atoms with E-state index in [0.717, 1.165) is 25.2 Å². The van der Waals surface area contributed by atoms with Crippen molar-refractivity contribution in [3.8, 4) is 0 Å². The second kappa shape index (κ2) is 11.0. The average molecular weight is 418 g/mol. The van der Waals surface area contributed by atoms with Crippen molar-refractivity contribution >= 4 is 21.6 Å². The molecule has 0 aliphatic heterocycles. The van der Waals surface area contributed by atoms with Gasteiger partial charge in [0, 0.05) is 25.3 Å². The summed E-state index contributed by atoms with van der Waals surface area (Å²) in [6.07, 6.45) is 0.769. The van der Waals surface area contributed by atoms with Crippen molar-refractivity contribution in [2.75, 3.05) is 24.5 Å². The molecule has 2 aromatic carbocycles. The van der Waals surface area contributed by atoms with Crippen LogP contribution in [0.2, 0.25) is 0 Å². The van der Waals surface area contributed by atoms with Crippen LogP contribution >= 0.6 is 0 Å². The predicted octanol–water partition coefficient (Wildman–Crippen LogP) is 3.02. The zero-order valence-electron chi connectivity index (χ0n) is 17.3. The minimum atomic E-state index is -3.75. The molecule has 2 rings (SSSR count). The van der Waals surface area contributed by atoms with Crippen LogP contribution in [0.1, 0.15) is 27.2 Å². The van der Waals surface area contributed by atoms with Gasteiger partial charge in [0.25, 0.3) is 0 Å². The zero-order valence-corrected chi connectivity index (χ0v) is 18.2. The summed E-state index contributed by atoms with van der Waals surface area (Å²) in [7, 11) is -3.75. The number of hydrogen-bond acceptors (Lipinski definition) is 4. The van der Waals surface area contributed by atoms with Crippen molar-refractivity contribution in [2.24, 2.45) is 5.92 Å². The fourth-order valence-electron chi connectivity index (χ4n) is 3.03. The molecular weight excluding hydrogens is 386 g/mol. The van der Waals surface area contributed by atoms with E-state index in [0.29, 0.717) is 6.54 Å². The highest BCUT2D eigenvalue weighted by atomic mass is 32.2. The van der Waals surface area contributed by atoms with Gasteiger partial charge in [0.15, 0.2) is 0 Å². The van der Waals surface area contributed by atoms with E-state index in [1.165, 1.54) is 12.1 Å². The standard InChI is InChI=1S/C22H31N3O3S/c1-4-25(19-12-7-5-8-13-19)17-11-16-23-22(26)21(18(2)3)24-29(27,28)20-14-9-6-10-15-20/h5-10,12-15,18,21,24H,4,11,16-17H2,1-3H3,(H,23,26)/t21-/m0/s1. The lowest BCUT2D eigenvalue weighted by molar-refractivity contribution is -0.123. The molecule has 0 spiro atoms. The highest BCUT2D eigenvalue weighted by molar-refractivity contribution is 7.89. The minimum Gasteiger partial charge on any atom is -0.372 e. The van der Waals surface area contributed by atoms with Gasteiger partial charge in [0.1, 0.15) is 6.04 Å². The maximum Gasteiger partial charge on any atom is 0.241 e. The Morgan fingerprint density at radius 2 is 1.59 bits per heavy atom. The topological polar surface area (TPSA) is 78.5 Å². The number of carbonyl (C=O) groups is 1. The lowest BCUT2D eigenvalue weighted by Crippen LogP contribution is -2.49. The van der Waals surface area contributed by atoms with E-state index < -0.39 is 16.1 Å². The van der Waals surface area contributed by atoms with Crippen LogP contribution in [0, 0.1) is 5.92 Å². The maximum absolute atomic E-state index is 12.6. The van der Waals surface area contributed by atoms with Gasteiger partial charge >= 0.3 is 0 Å². The SMILES string of the molecule is CCN(CCCNC(=O)[C@@H](NS(=O)(=O)c1ccccc1)C(C)C)c1ccccc1. The first-order valence-corrected chi connectivity index (χ1v) is 11.5. The Labute approximate surface area is 174 Å². The Kier molecular flexibility index (Phi) is 8.67. The second-order valence-electron chi connectivity index (χ2n) is 7.22. The van der Waals surface area contributed by atoms with Crippen LogP contribution in [0.25, 0.3) is 0 Å². The smallest absolute Gasteiger partial charge is 0.241 e. The van der Waals surface area contributed by atoms with E-state index in [2.05, 4.69) is 34.0 Å². The first-order chi connectivity index (χ1) is 13.8. The van der Waals surface area contributed by atoms with Gasteiger partial charge in [-0.3, -0.25) is 4.79 Å². The summed E-state index contributed by atoms with van der Waals surface area (Å²) in [6.45, 7) is 7.92. The third-order valence-electron chi connectivity index (χ3n) is 4.69. The Morgan fingerprint density at radius 1 is 1.00 bits per heavy atom. The average Bonchev–Trinajstić information content (AvgIpc) is 2.73. The number of hydrogen-bond donors (Lipinski definition) is 2. The van der Waals surface area contributed by atoms with E-state index in [1.54, 1.807) is 18.2 Å². The summed E-state index contributed by atoms with van der Waals surface area (Å²) in [4.78, 5) is 15.0. The lowest BCUT2D eigenvalue weighted by atomic mass is 10.1. The molecule has 158 valence electrons. The Balaban J connectivity index is 1.89. The monoisotopic (exact) mass is 417 g/mol. The maximum atomic E-state index is 12.6. The van der Waals surface area contributed by atoms with E-state index >= 15 is 0 Å². The van der Waals surface area contributed by atoms with Crippen LogP contribution in [0.5, 0.6) is 0 Å². The number of carbonyl (C=O) groups excluding carboxylic acids is 1. The number of rotatable bonds is 11. The molecule has 1 amide bonds. The molecule has 2 N–H and O–H groups in total. The summed E-state index contributed by atoms with van der Waals surface area (Å²) in [5, 5.41) is 2.88. The van der Waals surface area contributed by atoms with E-state index in [4.69, 9.17) is 0 Å². The molecule has 0 aliphatic carbocycles. The molecule has 0 saturated carbocycles. The highest BCUT2D eigenvalue weighted by Crippen LogP contribution is 2.13. The summed E-state index contributed by atoms with van der Waals surface area (Å²) < 4.78 is 27.7. The number of amides is 1. The predicted molar refractivity (Wildman–Crippen MR) is 117 cm³/mol. The van der Waals surface area contributed by atoms with E-state index in [1.807, 2.05) is 32.0 Å². The molecule has 0 radical (unpaired) electrons. The largest absolute Gasteiger partial charge is 0.372 e. The number of para-hydroxylation sites is 1. The summed E-state index contributed by atoms with van der Waals surface area (Å²) >= 11 is 0. The van der Waals surface area contributed by atoms with Crippen LogP contribution < -0.4 is 14.9 Å². The molecule has 1 atom stereocenters. The molecule has 0 bridgehead atoms. The zero-order chi connectivity index (χ0) is 21.3. The van der Waals surface area contributed by atoms with Crippen LogP contribution in [0.3, 0.4) is 0 Å². The Bertz CT molecular complexity index is 855. The lowest BCUT2D eigenvalue weighted by Gasteiger charge is -2.24. The third-order valence-corrected chi connectivity index (χ3v) is 6.15. The fourth-order valence-corrected chi connectivity index (χ4v) is 4.39. The minimum absolute atomic E-state index is 0.153. The van der Waals surface area contributed by atoms with E-state index in [9.17, 15) is 13.2 Å². The molecule has 7 heteroatoms. The molecule has 0 heterocycles. The van der Waals surface area contributed by atoms with Crippen molar-refractivity contribution in [1.82, 2.24) is 10.0 Å². The molecule has 29 heavy (non-hydrogen) atoms. The van der Waals surface area contributed by atoms with Crippen LogP contribution in [0.15, 0.2) is 65.6 Å². The first kappa shape index (κ1) is 22.9. The third kappa shape index (κ3) is 6.87. The van der Waals surface area contributed by atoms with Crippen molar-refractivity contribution in [3.05, 3.63) is 60.7 Å². The molecule has 0 unspecified atom stereocenters. The van der Waals surface area contributed by atoms with Crippen molar-refractivity contribution in [2.45, 2.75) is 38.1 Å². The van der Waals surface area contributed by atoms with Crippen molar-refractivity contribution in [3.63, 3.8) is 0 Å². The van der Waals surface area contributed by atoms with Gasteiger partial charge in [-0.05, 0) is 43.5 Å². The number of nitrogens with one attached hydrogen (secondary N) is 2. The van der Waals surface area contributed by atoms with Gasteiger partial charge in [-0.15, -0.1) is 0 Å². The number of sulfonamides is 1. The number of benzene rings is 2. The molecule has 0 aromatic heterocycles. The molecule has 0 fully saturated rings. The van der Waals surface area contributed by atoms with Gasteiger partial charge in [-0.1, -0.05) is 50.2 Å². The number of anilines is 1. The molecule has 0 saturated heterocycles. The summed E-state index contributed by atoms with van der Waals surface area (Å²) in [5.74, 6) is -0.479. The van der Waals surface area contributed by atoms with E-state index in [-0.39, 0.29) is 16.7 Å².